The van der Waals surface area contributed by atoms with Crippen molar-refractivity contribution in [3.8, 4) is 0 Å². The number of rotatable bonds is 0. The molecule has 0 heterocycles. The zero-order chi connectivity index (χ0) is 0. The van der Waals surface area contributed by atoms with Crippen molar-refractivity contribution in [2.24, 2.45) is 0 Å². The predicted molar refractivity (Wildman–Crippen MR) is 1170 cm³/mol. The van der Waals surface area contributed by atoms with Crippen molar-refractivity contribution in [3.63, 3.8) is 0 Å². The Morgan fingerprint density at radius 2 is 0.0709 bits per heavy atom. The van der Waals surface area contributed by atoms with Crippen LogP contribution in [0.25, 0.3) is 0 Å². The molecule has 0 saturated heterocycles. The first-order chi connectivity index (χ1) is 0. The van der Waals surface area contributed by atoms with Gasteiger partial charge in [0.2, 0.25) is 0 Å². The van der Waals surface area contributed by atoms with Crippen LogP contribution < -0.4 is 1510 Å². The molecule has 0 rings (SSSR count). The van der Waals surface area contributed by atoms with Crippen LogP contribution in [0.3, 0.4) is 0 Å². The van der Waals surface area contributed by atoms with Crippen molar-refractivity contribution in [2.75, 3.05) is 0 Å². The van der Waals surface area contributed by atoms with Crippen LogP contribution in [0, 0.1) is 0 Å². The van der Waals surface area contributed by atoms with E-state index in [0.717, 1.165) is 0 Å². The fourth-order valence-corrected chi connectivity index (χ4v) is 0. The molecule has 990 valence electrons. The first kappa shape index (κ1) is 1460. The normalized spacial score (nSPS) is 0. The zero-order valence-corrected chi connectivity index (χ0v) is 325. The Hall–Kier alpha value is 94.0. The molecule has 141 heteroatoms. The minimum Gasteiger partial charge on any atom is -1.00 e. The molecular formula is H327FI18K28N11P35S32V16. The first-order valence-electron chi connectivity index (χ1n) is 0. The van der Waals surface area contributed by atoms with Crippen LogP contribution in [-0.2, 0) is 297 Å². The van der Waals surface area contributed by atoms with Gasteiger partial charge in [-0.25, -0.2) is 0 Å². The monoisotopic (exact) mass is 6870 g/mol. The summed E-state index contributed by atoms with van der Waals surface area (Å²) < 4.78 is 0. The van der Waals surface area contributed by atoms with Crippen molar-refractivity contribution >= 4 is 1210 Å². The maximum atomic E-state index is 0. The molecule has 33 N–H and O–H groups in total. The second-order valence-electron chi connectivity index (χ2n) is 0. The van der Waals surface area contributed by atoms with Crippen molar-refractivity contribution in [1.29, 1.82) is 0 Å². The summed E-state index contributed by atoms with van der Waals surface area (Å²) >= 11 is 0. The van der Waals surface area contributed by atoms with E-state index in [4.69, 9.17) is 0 Å². The zero-order valence-electron chi connectivity index (χ0n) is 119. The SMILES string of the molecule is F.I.I.I.I.I.I.I.I.I.I.I.I.I.I.I.I.I.I.N.N.N.N.N.N.N.N.N.N.N.P.P.P.P.P.P.P.P.P.P.P.P.P.P.P.P.P.P.P.P.P.P.P.P.P.P.P.P.P.P.P.P.P.P.P.S.S.S.S.S.S.S.S.S.S.S.S.S.S.S.S.S.S.S.S.S.S.S.S.S.S.S.S.S.S.S.S.[2H-].[2H-].[2H-].[2H-].[2H-].[2H-].[2H-].[2H-].[2H-].[2H-].[2H-].[2H-].[2H-].[2H-].[2H-].[2H-].[2H-].[2H-].[2H-].[2H-].[2H-].[2H-].[2H-].[2H-].[2H-].[2H-].[2H-].[2H-].[2HH].[2HH].[2HH].[2HH].[2HH].[2HH].[2HH].[2HH].[2HH].[2HH].[2HH].[2HH].[2HH].[2HH].[2HH].[2HH].[2HH].[2HH].[2HH].[2HH].[2HH].[2HH].[2HH].[2HH].[2HH].[2HH].[2HH].[2HH].[2HH].[2HH].[2HH].[2HH].[2HH].[2HH].[2HH].[2HH].[3HH].[3HH].[3HH].[K+].[K+].[K+].[K+].[K+].[K+].[K+].[K+].[K+].[K+].[K+].[K+].[K+].[K+].[K+].[K+].[K+].[K+].[K+].[K+].[K+].[K+].[K+].[K+].[K+].[K+].[K+].[K+].[V].[V].[V].[V].[V].[V].[V].[V].[V].[V].[V].[V].[V].[V].[V].[V]. The Morgan fingerprint density at radius 1 is 0.0709 bits per heavy atom. The fourth-order valence-electron chi connectivity index (χ4n) is 0. The Morgan fingerprint density at radius 3 is 0.0709 bits per heavy atom. The van der Waals surface area contributed by atoms with Crippen molar-refractivity contribution < 1.29 is 1840 Å². The summed E-state index contributed by atoms with van der Waals surface area (Å²) in [6.45, 7) is 0. The van der Waals surface area contributed by atoms with Crippen LogP contribution in [0.2, 0.25) is 0 Å². The van der Waals surface area contributed by atoms with Gasteiger partial charge in [0.05, 0.1) is 0 Å². The van der Waals surface area contributed by atoms with E-state index in [9.17, 15) is 0 Å². The van der Waals surface area contributed by atoms with E-state index in [1.165, 1.54) is 0 Å². The second kappa shape index (κ2) is 1440. The van der Waals surface area contributed by atoms with Crippen LogP contribution in [0.1, 0.15) is 95.6 Å². The summed E-state index contributed by atoms with van der Waals surface area (Å²) in [5.41, 5.74) is 0. The van der Waals surface area contributed by atoms with Crippen LogP contribution in [0.4, 0.5) is 4.70 Å². The molecule has 0 spiro atoms. The first-order valence-corrected chi connectivity index (χ1v) is 0. The van der Waals surface area contributed by atoms with Crippen LogP contribution in [-0.4, -0.2) is 0 Å². The van der Waals surface area contributed by atoms with Gasteiger partial charge in [-0.15, -0.1) is 432 Å². The number of hydrogen-bond donors (Lipinski definition) is 11. The Kier molecular flexibility index (Phi) is 14800. The van der Waals surface area contributed by atoms with Gasteiger partial charge in [0.15, 0.2) is 0 Å². The van der Waals surface area contributed by atoms with Gasteiger partial charge in [0.25, 0.3) is 0 Å². The Labute approximate surface area is 3010 Å². The summed E-state index contributed by atoms with van der Waals surface area (Å²) in [4.78, 5) is 0. The summed E-state index contributed by atoms with van der Waals surface area (Å²) in [5, 5.41) is 0. The molecule has 0 aliphatic rings. The van der Waals surface area contributed by atoms with Gasteiger partial charge in [0, 0.05) is 353 Å². The maximum absolute atomic E-state index is 0. The standard InChI is InChI=1S/FH.18HI.28K.11H3N.35H3P.32H2S.16V.39H2.28H/h19*1H;;;;;;;;;;;;;;;;;;;;;;;;;;;;;46*1H3;32*1H2;;;;;;;;;;;;;;;;;39*1H;;;;;;;;;;;;;;;;;;;;;;;;;;;;/q;;;;;;;;;;;;;;;;;;;28*+1;;;;;;;;;;;;;;;;;;;;;;;;;;;;;;;;;;;;;;;;;;;;;;;;;;;;;;;;;;;;;;;;;;;;;;;;;;;;;;;;;;;;;;;;;;;;;;;;;;;;;;;;;;;;;;;;;;;;;;;;;;;;;;;;;;;;;;28*-1/i;;;;;;;;;;;;;;;;;;;;;;;;;;;;;;;;;;;;;;;;;;;;;;;;;;;;;;;;;;;;;;;;;;;;;;;;;;;;;;;;;;;;;;;;;;;;;;;;;;;;;;;;;;;;;;;;;;;;;;;;;;;;;;;;;;;;;;;;;;;;;3*1+2;64*1+1. The molecule has 141 heavy (non-hydrogen) atoms. The van der Waals surface area contributed by atoms with E-state index in [1.54, 1.807) is 0 Å². The van der Waals surface area contributed by atoms with Gasteiger partial charge in [-0.05, 0) is 0 Å². The second-order valence-corrected chi connectivity index (χ2v) is 0. The quantitative estimate of drug-likeness (QED) is 0.0615. The van der Waals surface area contributed by atoms with E-state index >= 15 is 0 Å². The van der Waals surface area contributed by atoms with Gasteiger partial charge in [-0.3, -0.25) is 4.70 Å². The molecule has 0 aromatic carbocycles. The van der Waals surface area contributed by atoms with E-state index in [1.807, 2.05) is 0 Å². The van der Waals surface area contributed by atoms with Gasteiger partial charge < -0.3 is 108 Å². The van der Waals surface area contributed by atoms with Crippen LogP contribution in [0.15, 0.2) is 0 Å². The molecule has 0 amide bonds. The minimum absolute atomic E-state index is 0. The molecule has 35 atom stereocenters. The molecule has 11 nitrogen and oxygen atoms in total. The average Bonchev–Trinajstić information content (AvgIpc) is 0. The molecule has 0 aromatic rings. The maximum Gasteiger partial charge on any atom is 1.00 e. The molecule has 35 unspecified atom stereocenters. The van der Waals surface area contributed by atoms with E-state index < -0.39 is 0 Å². The largest absolute Gasteiger partial charge is 1.00 e. The summed E-state index contributed by atoms with van der Waals surface area (Å²) in [6, 6.07) is 0. The average molecular weight is 6880 g/mol. The molecule has 0 saturated carbocycles. The number of hydrogen-bond acceptors (Lipinski definition) is 11. The van der Waals surface area contributed by atoms with Gasteiger partial charge in [0.1, 0.15) is 0 Å². The Bertz CT molecular complexity index is 544. The third-order valence-electron chi connectivity index (χ3n) is 0. The summed E-state index contributed by atoms with van der Waals surface area (Å²) in [7, 11) is 0. The van der Waals surface area contributed by atoms with Crippen molar-refractivity contribution in [2.45, 2.75) is 0 Å². The summed E-state index contributed by atoms with van der Waals surface area (Å²) in [5.74, 6) is 0. The molecule has 0 bridgehead atoms. The van der Waals surface area contributed by atoms with Crippen molar-refractivity contribution in [3.05, 3.63) is 0 Å². The predicted octanol–water partition coefficient (Wildman–Crippen LogP) is -52.5. The summed E-state index contributed by atoms with van der Waals surface area (Å²) in [6.07, 6.45) is 0. The van der Waals surface area contributed by atoms with Crippen LogP contribution >= 0.6 is 1210 Å². The van der Waals surface area contributed by atoms with Gasteiger partial charge in [-0.1, -0.05) is 0 Å². The van der Waals surface area contributed by atoms with Crippen LogP contribution in [0.5, 0.6) is 0 Å². The third kappa shape index (κ3) is 1420. The van der Waals surface area contributed by atoms with Crippen molar-refractivity contribution in [1.82, 2.24) is 67.7 Å². The van der Waals surface area contributed by atoms with E-state index in [0.29, 0.717) is 0 Å². The Balaban J connectivity index is 0. The number of halogens is 19. The van der Waals surface area contributed by atoms with Gasteiger partial charge >= 0.3 is 1440 Å². The molecule has 0 fully saturated rings. The molecular weight excluding hydrogens is 6480 g/mol. The molecule has 0 aliphatic carbocycles. The third-order valence-corrected chi connectivity index (χ3v) is 0. The van der Waals surface area contributed by atoms with E-state index in [-0.39, 0.29) is 3110 Å². The molecule has 0 aromatic heterocycles. The van der Waals surface area contributed by atoms with Gasteiger partial charge in [-0.2, -0.15) is 778 Å². The molecule has 16 radical (unpaired) electrons. The smallest absolute Gasteiger partial charge is 1.00 e. The topological polar surface area (TPSA) is 385 Å². The van der Waals surface area contributed by atoms with E-state index in [2.05, 4.69) is 0 Å². The molecule has 0 aliphatic heterocycles. The fraction of sp³-hybridized carbons (Fsp3) is 0. The minimum atomic E-state index is 0.